The zero-order valence-corrected chi connectivity index (χ0v) is 15.4. The summed E-state index contributed by atoms with van der Waals surface area (Å²) in [5, 5.41) is 11.3. The average Bonchev–Trinajstić information content (AvgIpc) is 2.61. The number of aliphatic hydroxyl groups excluding tert-OH is 1. The van der Waals surface area contributed by atoms with Crippen LogP contribution in [0.2, 0.25) is 0 Å². The van der Waals surface area contributed by atoms with E-state index in [9.17, 15) is 9.67 Å². The Morgan fingerprint density at radius 1 is 1.12 bits per heavy atom. The largest absolute Gasteiger partial charge is 0.496 e. The van der Waals surface area contributed by atoms with Gasteiger partial charge in [0.15, 0.2) is 5.85 Å². The second-order valence-corrected chi connectivity index (χ2v) is 8.00. The minimum absolute atomic E-state index is 0.235. The van der Waals surface area contributed by atoms with Gasteiger partial charge in [0.25, 0.3) is 7.37 Å². The van der Waals surface area contributed by atoms with E-state index >= 15 is 0 Å². The predicted octanol–water partition coefficient (Wildman–Crippen LogP) is 3.39. The van der Waals surface area contributed by atoms with Crippen LogP contribution >= 0.6 is 7.37 Å². The van der Waals surface area contributed by atoms with E-state index in [0.29, 0.717) is 16.6 Å². The minimum Gasteiger partial charge on any atom is -0.496 e. The van der Waals surface area contributed by atoms with Crippen LogP contribution in [0.4, 0.5) is 5.69 Å². The maximum Gasteiger partial charge on any atom is 0.264 e. The zero-order chi connectivity index (χ0) is 17.7. The molecule has 2 atom stereocenters. The highest BCUT2D eigenvalue weighted by molar-refractivity contribution is 7.67. The SMILES string of the molecule is CCO[P@@](=O)(c1ccc(N(C)C)cc1)[C@H](O)c1ccccc1OC. The zero-order valence-electron chi connectivity index (χ0n) is 14.5. The van der Waals surface area contributed by atoms with Gasteiger partial charge < -0.3 is 19.3 Å². The van der Waals surface area contributed by atoms with Crippen LogP contribution in [0.3, 0.4) is 0 Å². The van der Waals surface area contributed by atoms with Gasteiger partial charge in [-0.2, -0.15) is 0 Å². The first-order valence-electron chi connectivity index (χ1n) is 7.77. The summed E-state index contributed by atoms with van der Waals surface area (Å²) in [4.78, 5) is 1.95. The maximum atomic E-state index is 13.5. The van der Waals surface area contributed by atoms with E-state index in [2.05, 4.69) is 0 Å². The van der Waals surface area contributed by atoms with Crippen LogP contribution in [-0.4, -0.2) is 32.9 Å². The molecule has 2 rings (SSSR count). The molecular formula is C18H24NO4P. The molecule has 2 aromatic carbocycles. The van der Waals surface area contributed by atoms with Crippen molar-refractivity contribution in [3.05, 3.63) is 54.1 Å². The second-order valence-electron chi connectivity index (χ2n) is 5.54. The monoisotopic (exact) mass is 349 g/mol. The first kappa shape index (κ1) is 18.5. The number of methoxy groups -OCH3 is 1. The Bertz CT molecular complexity index is 715. The van der Waals surface area contributed by atoms with E-state index in [1.54, 1.807) is 43.3 Å². The number of hydrogen-bond donors (Lipinski definition) is 1. The van der Waals surface area contributed by atoms with Gasteiger partial charge in [-0.1, -0.05) is 18.2 Å². The molecule has 1 N–H and O–H groups in total. The van der Waals surface area contributed by atoms with Gasteiger partial charge in [-0.15, -0.1) is 0 Å². The van der Waals surface area contributed by atoms with Crippen molar-refractivity contribution in [3.8, 4) is 5.75 Å². The highest BCUT2D eigenvalue weighted by atomic mass is 31.2. The number of rotatable bonds is 7. The molecule has 5 nitrogen and oxygen atoms in total. The van der Waals surface area contributed by atoms with Gasteiger partial charge in [-0.05, 0) is 37.3 Å². The van der Waals surface area contributed by atoms with E-state index in [4.69, 9.17) is 9.26 Å². The molecule has 0 aliphatic rings. The second kappa shape index (κ2) is 7.84. The fourth-order valence-electron chi connectivity index (χ4n) is 2.50. The van der Waals surface area contributed by atoms with Crippen LogP contribution in [0, 0.1) is 0 Å². The lowest BCUT2D eigenvalue weighted by molar-refractivity contribution is 0.214. The van der Waals surface area contributed by atoms with Gasteiger partial charge in [0, 0.05) is 30.7 Å². The molecule has 0 bridgehead atoms. The van der Waals surface area contributed by atoms with Gasteiger partial charge >= 0.3 is 0 Å². The molecule has 0 fully saturated rings. The number of ether oxygens (including phenoxy) is 1. The van der Waals surface area contributed by atoms with Gasteiger partial charge in [0.05, 0.1) is 13.7 Å². The summed E-state index contributed by atoms with van der Waals surface area (Å²) in [6.45, 7) is 1.99. The smallest absolute Gasteiger partial charge is 0.264 e. The van der Waals surface area contributed by atoms with Crippen LogP contribution < -0.4 is 14.9 Å². The van der Waals surface area contributed by atoms with Crippen molar-refractivity contribution in [2.24, 2.45) is 0 Å². The Balaban J connectivity index is 2.48. The number of aliphatic hydroxyl groups is 1. The number of hydrogen-bond acceptors (Lipinski definition) is 5. The Kier molecular flexibility index (Phi) is 6.05. The molecule has 2 aromatic rings. The van der Waals surface area contributed by atoms with Crippen LogP contribution in [0.5, 0.6) is 5.75 Å². The topological polar surface area (TPSA) is 59.0 Å². The summed E-state index contributed by atoms with van der Waals surface area (Å²) >= 11 is 0. The van der Waals surface area contributed by atoms with Crippen LogP contribution in [0.1, 0.15) is 18.3 Å². The van der Waals surface area contributed by atoms with Gasteiger partial charge in [-0.3, -0.25) is 4.57 Å². The fourth-order valence-corrected chi connectivity index (χ4v) is 4.60. The molecule has 0 aliphatic heterocycles. The third kappa shape index (κ3) is 3.64. The molecule has 130 valence electrons. The Morgan fingerprint density at radius 2 is 1.75 bits per heavy atom. The summed E-state index contributed by atoms with van der Waals surface area (Å²) in [5.74, 6) is -0.811. The standard InChI is InChI=1S/C18H24NO4P/c1-5-23-24(21,15-12-10-14(11-13-15)19(2)3)18(20)16-8-6-7-9-17(16)22-4/h6-13,18,20H,5H2,1-4H3/t18-,24-/m0/s1. The molecular weight excluding hydrogens is 325 g/mol. The predicted molar refractivity (Wildman–Crippen MR) is 97.6 cm³/mol. The van der Waals surface area contributed by atoms with E-state index in [0.717, 1.165) is 5.69 Å². The molecule has 0 aromatic heterocycles. The van der Waals surface area contributed by atoms with E-state index in [1.165, 1.54) is 7.11 Å². The molecule has 0 aliphatic carbocycles. The number of nitrogens with zero attached hydrogens (tertiary/aromatic N) is 1. The van der Waals surface area contributed by atoms with Crippen molar-refractivity contribution in [2.75, 3.05) is 32.7 Å². The first-order valence-corrected chi connectivity index (χ1v) is 9.46. The van der Waals surface area contributed by atoms with Crippen molar-refractivity contribution in [3.63, 3.8) is 0 Å². The van der Waals surface area contributed by atoms with Crippen molar-refractivity contribution in [2.45, 2.75) is 12.8 Å². The molecule has 0 saturated carbocycles. The number of benzene rings is 2. The van der Waals surface area contributed by atoms with Gasteiger partial charge in [-0.25, -0.2) is 0 Å². The molecule has 0 radical (unpaired) electrons. The highest BCUT2D eigenvalue weighted by Gasteiger charge is 2.37. The van der Waals surface area contributed by atoms with Crippen LogP contribution in [0.25, 0.3) is 0 Å². The third-order valence-electron chi connectivity index (χ3n) is 3.79. The summed E-state index contributed by atoms with van der Waals surface area (Å²) in [6.07, 6.45) is 0. The molecule has 6 heteroatoms. The average molecular weight is 349 g/mol. The van der Waals surface area contributed by atoms with E-state index in [1.807, 2.05) is 31.1 Å². The Morgan fingerprint density at radius 3 is 2.29 bits per heavy atom. The van der Waals surface area contributed by atoms with Crippen LogP contribution in [0.15, 0.2) is 48.5 Å². The Labute approximate surface area is 143 Å². The molecule has 0 spiro atoms. The molecule has 24 heavy (non-hydrogen) atoms. The molecule has 0 unspecified atom stereocenters. The maximum absolute atomic E-state index is 13.5. The fraction of sp³-hybridized carbons (Fsp3) is 0.333. The van der Waals surface area contributed by atoms with Crippen molar-refractivity contribution in [1.82, 2.24) is 0 Å². The van der Waals surface area contributed by atoms with Crippen LogP contribution in [-0.2, 0) is 9.09 Å². The summed E-state index contributed by atoms with van der Waals surface area (Å²) in [7, 11) is 1.86. The van der Waals surface area contributed by atoms with Crippen molar-refractivity contribution in [1.29, 1.82) is 0 Å². The van der Waals surface area contributed by atoms with Crippen molar-refractivity contribution < 1.29 is 18.9 Å². The molecule has 0 heterocycles. The van der Waals surface area contributed by atoms with Gasteiger partial charge in [0.2, 0.25) is 0 Å². The van der Waals surface area contributed by atoms with Gasteiger partial charge in [0.1, 0.15) is 5.75 Å². The van der Waals surface area contributed by atoms with E-state index in [-0.39, 0.29) is 6.61 Å². The first-order chi connectivity index (χ1) is 11.4. The lowest BCUT2D eigenvalue weighted by Crippen LogP contribution is -2.16. The Hall–Kier alpha value is -1.81. The lowest BCUT2D eigenvalue weighted by atomic mass is 10.2. The lowest BCUT2D eigenvalue weighted by Gasteiger charge is -2.25. The normalized spacial score (nSPS) is 14.7. The minimum atomic E-state index is -3.52. The molecule has 0 saturated heterocycles. The third-order valence-corrected chi connectivity index (χ3v) is 6.37. The molecule has 0 amide bonds. The summed E-state index contributed by atoms with van der Waals surface area (Å²) in [5.41, 5.74) is 1.43. The van der Waals surface area contributed by atoms with Crippen molar-refractivity contribution >= 4 is 18.4 Å². The number of anilines is 1. The quantitative estimate of drug-likeness (QED) is 0.777. The number of para-hydroxylation sites is 1. The highest BCUT2D eigenvalue weighted by Crippen LogP contribution is 2.58. The summed E-state index contributed by atoms with van der Waals surface area (Å²) in [6, 6.07) is 14.2. The summed E-state index contributed by atoms with van der Waals surface area (Å²) < 4.78 is 24.4. The van der Waals surface area contributed by atoms with E-state index < -0.39 is 13.2 Å².